The summed E-state index contributed by atoms with van der Waals surface area (Å²) in [6, 6.07) is 4.96. The van der Waals surface area contributed by atoms with E-state index in [4.69, 9.17) is 4.42 Å². The summed E-state index contributed by atoms with van der Waals surface area (Å²) < 4.78 is 32.1. The second-order valence-electron chi connectivity index (χ2n) is 4.68. The first-order chi connectivity index (χ1) is 9.99. The summed E-state index contributed by atoms with van der Waals surface area (Å²) in [5.41, 5.74) is -0.911. The average molecular weight is 296 g/mol. The SMILES string of the molecule is CC(CCc1ccco1)Nc1c([N+](=O)[O-])ccc(F)c1F. The van der Waals surface area contributed by atoms with Gasteiger partial charge in [0.15, 0.2) is 17.3 Å². The summed E-state index contributed by atoms with van der Waals surface area (Å²) in [6.45, 7) is 1.73. The number of nitro groups is 1. The maximum Gasteiger partial charge on any atom is 0.295 e. The number of hydrogen-bond donors (Lipinski definition) is 1. The van der Waals surface area contributed by atoms with Gasteiger partial charge in [0.1, 0.15) is 5.76 Å². The molecule has 1 aromatic heterocycles. The molecule has 0 fully saturated rings. The van der Waals surface area contributed by atoms with Crippen LogP contribution in [0.4, 0.5) is 20.2 Å². The second-order valence-corrected chi connectivity index (χ2v) is 4.68. The van der Waals surface area contributed by atoms with Crippen LogP contribution in [0, 0.1) is 21.7 Å². The lowest BCUT2D eigenvalue weighted by Crippen LogP contribution is -2.18. The summed E-state index contributed by atoms with van der Waals surface area (Å²) in [7, 11) is 0. The minimum Gasteiger partial charge on any atom is -0.469 e. The predicted molar refractivity (Wildman–Crippen MR) is 73.1 cm³/mol. The van der Waals surface area contributed by atoms with Crippen molar-refractivity contribution in [3.63, 3.8) is 0 Å². The first-order valence-electron chi connectivity index (χ1n) is 6.40. The molecular weight excluding hydrogens is 282 g/mol. The number of nitrogens with zero attached hydrogens (tertiary/aromatic N) is 1. The van der Waals surface area contributed by atoms with E-state index in [0.717, 1.165) is 17.9 Å². The van der Waals surface area contributed by atoms with Crippen molar-refractivity contribution < 1.29 is 18.1 Å². The molecule has 5 nitrogen and oxygen atoms in total. The van der Waals surface area contributed by atoms with Gasteiger partial charge in [-0.25, -0.2) is 8.78 Å². The fourth-order valence-corrected chi connectivity index (χ4v) is 1.96. The molecule has 21 heavy (non-hydrogen) atoms. The number of halogens is 2. The summed E-state index contributed by atoms with van der Waals surface area (Å²) in [5, 5.41) is 13.5. The van der Waals surface area contributed by atoms with Crippen molar-refractivity contribution in [3.05, 3.63) is 58.0 Å². The lowest BCUT2D eigenvalue weighted by Gasteiger charge is -2.15. The standard InChI is InChI=1S/C14H14F2N2O3/c1-9(4-5-10-3-2-8-21-10)17-14-12(18(19)20)7-6-11(15)13(14)16/h2-3,6-9,17H,4-5H2,1H3. The van der Waals surface area contributed by atoms with Gasteiger partial charge in [0.25, 0.3) is 5.69 Å². The third-order valence-corrected chi connectivity index (χ3v) is 3.06. The fraction of sp³-hybridized carbons (Fsp3) is 0.286. The maximum absolute atomic E-state index is 13.7. The normalized spacial score (nSPS) is 12.1. The zero-order chi connectivity index (χ0) is 15.4. The van der Waals surface area contributed by atoms with Gasteiger partial charge in [-0.2, -0.15) is 0 Å². The zero-order valence-electron chi connectivity index (χ0n) is 11.3. The molecule has 0 aliphatic rings. The first-order valence-corrected chi connectivity index (χ1v) is 6.40. The minimum absolute atomic E-state index is 0.287. The summed E-state index contributed by atoms with van der Waals surface area (Å²) in [5.74, 6) is -1.60. The predicted octanol–water partition coefficient (Wildman–Crippen LogP) is 3.90. The molecule has 1 unspecified atom stereocenters. The van der Waals surface area contributed by atoms with Gasteiger partial charge in [0, 0.05) is 18.5 Å². The molecule has 1 aromatic carbocycles. The van der Waals surface area contributed by atoms with E-state index < -0.39 is 27.9 Å². The van der Waals surface area contributed by atoms with Crippen LogP contribution >= 0.6 is 0 Å². The van der Waals surface area contributed by atoms with Gasteiger partial charge in [-0.3, -0.25) is 10.1 Å². The van der Waals surface area contributed by atoms with Gasteiger partial charge in [0.2, 0.25) is 0 Å². The largest absolute Gasteiger partial charge is 0.469 e. The van der Waals surface area contributed by atoms with Crippen LogP contribution < -0.4 is 5.32 Å². The molecule has 112 valence electrons. The monoisotopic (exact) mass is 296 g/mol. The number of furan rings is 1. The van der Waals surface area contributed by atoms with Crippen LogP contribution in [0.25, 0.3) is 0 Å². The molecule has 0 bridgehead atoms. The van der Waals surface area contributed by atoms with Crippen molar-refractivity contribution in [2.45, 2.75) is 25.8 Å². The molecule has 0 amide bonds. The quantitative estimate of drug-likeness (QED) is 0.648. The molecule has 1 N–H and O–H groups in total. The van der Waals surface area contributed by atoms with Gasteiger partial charge in [-0.15, -0.1) is 0 Å². The number of rotatable bonds is 6. The molecular formula is C14H14F2N2O3. The first kappa shape index (κ1) is 15.0. The van der Waals surface area contributed by atoms with Crippen molar-refractivity contribution in [2.24, 2.45) is 0 Å². The smallest absolute Gasteiger partial charge is 0.295 e. The van der Waals surface area contributed by atoms with Crippen LogP contribution in [0.2, 0.25) is 0 Å². The third kappa shape index (κ3) is 3.56. The highest BCUT2D eigenvalue weighted by atomic mass is 19.2. The van der Waals surface area contributed by atoms with Gasteiger partial charge in [-0.05, 0) is 31.5 Å². The maximum atomic E-state index is 13.7. The number of aryl methyl sites for hydroxylation is 1. The van der Waals surface area contributed by atoms with Crippen LogP contribution in [0.15, 0.2) is 34.9 Å². The summed E-state index contributed by atoms with van der Waals surface area (Å²) in [6.07, 6.45) is 2.69. The van der Waals surface area contributed by atoms with Crippen molar-refractivity contribution in [1.82, 2.24) is 0 Å². The average Bonchev–Trinajstić information content (AvgIpc) is 2.94. The third-order valence-electron chi connectivity index (χ3n) is 3.06. The fourth-order valence-electron chi connectivity index (χ4n) is 1.96. The highest BCUT2D eigenvalue weighted by molar-refractivity contribution is 5.62. The Bertz CT molecular complexity index is 629. The van der Waals surface area contributed by atoms with E-state index in [9.17, 15) is 18.9 Å². The van der Waals surface area contributed by atoms with Crippen LogP contribution in [0.1, 0.15) is 19.1 Å². The second kappa shape index (κ2) is 6.34. The highest BCUT2D eigenvalue weighted by Crippen LogP contribution is 2.30. The van der Waals surface area contributed by atoms with Crippen LogP contribution in [0.5, 0.6) is 0 Å². The molecule has 2 aromatic rings. The van der Waals surface area contributed by atoms with Crippen molar-refractivity contribution in [1.29, 1.82) is 0 Å². The van der Waals surface area contributed by atoms with E-state index in [1.165, 1.54) is 0 Å². The Hall–Kier alpha value is -2.44. The van der Waals surface area contributed by atoms with Crippen LogP contribution in [-0.2, 0) is 6.42 Å². The molecule has 0 radical (unpaired) electrons. The van der Waals surface area contributed by atoms with Crippen molar-refractivity contribution >= 4 is 11.4 Å². The van der Waals surface area contributed by atoms with E-state index in [1.807, 2.05) is 0 Å². The minimum atomic E-state index is -1.24. The van der Waals surface area contributed by atoms with Crippen LogP contribution in [0.3, 0.4) is 0 Å². The molecule has 0 saturated heterocycles. The number of hydrogen-bond acceptors (Lipinski definition) is 4. The number of nitrogens with one attached hydrogen (secondary N) is 1. The lowest BCUT2D eigenvalue weighted by atomic mass is 10.1. The molecule has 1 heterocycles. The molecule has 7 heteroatoms. The van der Waals surface area contributed by atoms with E-state index in [0.29, 0.717) is 12.8 Å². The topological polar surface area (TPSA) is 68.3 Å². The molecule has 0 spiro atoms. The Morgan fingerprint density at radius 2 is 2.14 bits per heavy atom. The highest BCUT2D eigenvalue weighted by Gasteiger charge is 2.22. The van der Waals surface area contributed by atoms with Crippen molar-refractivity contribution in [3.8, 4) is 0 Å². The van der Waals surface area contributed by atoms with E-state index in [2.05, 4.69) is 5.32 Å². The van der Waals surface area contributed by atoms with E-state index >= 15 is 0 Å². The Morgan fingerprint density at radius 1 is 1.38 bits per heavy atom. The summed E-state index contributed by atoms with van der Waals surface area (Å²) in [4.78, 5) is 10.1. The lowest BCUT2D eigenvalue weighted by molar-refractivity contribution is -0.384. The van der Waals surface area contributed by atoms with E-state index in [1.54, 1.807) is 25.3 Å². The Kier molecular flexibility index (Phi) is 4.52. The Balaban J connectivity index is 2.10. The van der Waals surface area contributed by atoms with Crippen LogP contribution in [-0.4, -0.2) is 11.0 Å². The van der Waals surface area contributed by atoms with Gasteiger partial charge in [-0.1, -0.05) is 0 Å². The van der Waals surface area contributed by atoms with Gasteiger partial charge < -0.3 is 9.73 Å². The zero-order valence-corrected chi connectivity index (χ0v) is 11.3. The molecule has 0 aliphatic carbocycles. The molecule has 0 aliphatic heterocycles. The van der Waals surface area contributed by atoms with Gasteiger partial charge >= 0.3 is 0 Å². The number of anilines is 1. The molecule has 0 saturated carbocycles. The van der Waals surface area contributed by atoms with E-state index in [-0.39, 0.29) is 6.04 Å². The Morgan fingerprint density at radius 3 is 2.76 bits per heavy atom. The number of nitro benzene ring substituents is 1. The van der Waals surface area contributed by atoms with Crippen molar-refractivity contribution in [2.75, 3.05) is 5.32 Å². The Labute approximate surface area is 119 Å². The summed E-state index contributed by atoms with van der Waals surface area (Å²) >= 11 is 0. The molecule has 2 rings (SSSR count). The van der Waals surface area contributed by atoms with Gasteiger partial charge in [0.05, 0.1) is 11.2 Å². The molecule has 1 atom stereocenters. The number of benzene rings is 1.